The number of nitrogens with one attached hydrogen (secondary N) is 1. The molecule has 2 amide bonds. The van der Waals surface area contributed by atoms with Crippen molar-refractivity contribution >= 4 is 39.1 Å². The van der Waals surface area contributed by atoms with Crippen LogP contribution in [0.1, 0.15) is 36.1 Å². The summed E-state index contributed by atoms with van der Waals surface area (Å²) in [5.41, 5.74) is 4.05. The number of sulfonamides is 1. The average molecular weight is 646 g/mol. The predicted octanol–water partition coefficient (Wildman–Crippen LogP) is 6.56. The van der Waals surface area contributed by atoms with E-state index in [0.717, 1.165) is 26.6 Å². The van der Waals surface area contributed by atoms with Crippen LogP contribution in [0.25, 0.3) is 0 Å². The normalized spacial score (nSPS) is 12.0. The number of hydrogen-bond donors (Lipinski definition) is 1. The lowest BCUT2D eigenvalue weighted by atomic mass is 10.0. The van der Waals surface area contributed by atoms with Gasteiger partial charge >= 0.3 is 0 Å². The summed E-state index contributed by atoms with van der Waals surface area (Å²) in [4.78, 5) is 29.8. The maximum Gasteiger partial charge on any atom is 0.264 e. The lowest BCUT2D eigenvalue weighted by molar-refractivity contribution is -0.140. The summed E-state index contributed by atoms with van der Waals surface area (Å²) in [6.07, 6.45) is 0.261. The van der Waals surface area contributed by atoms with Gasteiger partial charge in [0.1, 0.15) is 12.6 Å². The lowest BCUT2D eigenvalue weighted by Gasteiger charge is -2.34. The highest BCUT2D eigenvalue weighted by Crippen LogP contribution is 2.26. The summed E-state index contributed by atoms with van der Waals surface area (Å²) in [6, 6.07) is 29.2. The minimum Gasteiger partial charge on any atom is -0.354 e. The maximum atomic E-state index is 14.5. The van der Waals surface area contributed by atoms with Gasteiger partial charge in [0, 0.05) is 24.5 Å². The van der Waals surface area contributed by atoms with E-state index in [0.29, 0.717) is 17.3 Å². The van der Waals surface area contributed by atoms with Crippen LogP contribution in [0.4, 0.5) is 5.69 Å². The Morgan fingerprint density at radius 1 is 0.778 bits per heavy atom. The van der Waals surface area contributed by atoms with E-state index in [1.807, 2.05) is 82.3 Å². The van der Waals surface area contributed by atoms with Crippen molar-refractivity contribution in [2.24, 2.45) is 5.92 Å². The third-order valence-corrected chi connectivity index (χ3v) is 9.47. The number of carbonyl (C=O) groups is 2. The fraction of sp³-hybridized carbons (Fsp3) is 0.278. The van der Waals surface area contributed by atoms with Crippen LogP contribution in [0.5, 0.6) is 0 Å². The van der Waals surface area contributed by atoms with Crippen LogP contribution < -0.4 is 9.62 Å². The molecule has 0 aliphatic rings. The van der Waals surface area contributed by atoms with Crippen molar-refractivity contribution in [1.29, 1.82) is 0 Å². The molecule has 4 aromatic rings. The van der Waals surface area contributed by atoms with Crippen LogP contribution in [-0.4, -0.2) is 44.3 Å². The van der Waals surface area contributed by atoms with E-state index in [9.17, 15) is 18.0 Å². The van der Waals surface area contributed by atoms with Gasteiger partial charge in [0.25, 0.3) is 10.0 Å². The zero-order valence-electron chi connectivity index (χ0n) is 26.1. The van der Waals surface area contributed by atoms with Gasteiger partial charge in [-0.05, 0) is 67.3 Å². The summed E-state index contributed by atoms with van der Waals surface area (Å²) in [5.74, 6) is -0.598. The molecule has 1 atom stereocenters. The SMILES string of the molecule is Cc1ccc(CN(C(=O)CN(c2ccc(C)cc2)S(=O)(=O)c2ccc(Cl)cc2)C(Cc2ccccc2)C(=O)NCC(C)C)cc1. The van der Waals surface area contributed by atoms with Gasteiger partial charge in [0.2, 0.25) is 11.8 Å². The Morgan fingerprint density at radius 3 is 1.93 bits per heavy atom. The summed E-state index contributed by atoms with van der Waals surface area (Å²) in [6.45, 7) is 7.94. The molecule has 0 radical (unpaired) electrons. The second-order valence-corrected chi connectivity index (χ2v) is 14.0. The van der Waals surface area contributed by atoms with E-state index >= 15 is 0 Å². The number of aryl methyl sites for hydroxylation is 2. The Kier molecular flexibility index (Phi) is 11.4. The highest BCUT2D eigenvalue weighted by Gasteiger charge is 2.34. The van der Waals surface area contributed by atoms with Gasteiger partial charge in [-0.2, -0.15) is 0 Å². The molecule has 1 unspecified atom stereocenters. The monoisotopic (exact) mass is 645 g/mol. The van der Waals surface area contributed by atoms with Crippen LogP contribution in [0, 0.1) is 19.8 Å². The summed E-state index contributed by atoms with van der Waals surface area (Å²) >= 11 is 6.06. The highest BCUT2D eigenvalue weighted by molar-refractivity contribution is 7.92. The first-order chi connectivity index (χ1) is 21.4. The van der Waals surface area contributed by atoms with E-state index in [1.54, 1.807) is 24.3 Å². The summed E-state index contributed by atoms with van der Waals surface area (Å²) < 4.78 is 29.3. The van der Waals surface area contributed by atoms with E-state index in [4.69, 9.17) is 11.6 Å². The van der Waals surface area contributed by atoms with E-state index in [-0.39, 0.29) is 29.7 Å². The number of anilines is 1. The zero-order valence-corrected chi connectivity index (χ0v) is 27.7. The van der Waals surface area contributed by atoms with E-state index < -0.39 is 28.5 Å². The molecule has 45 heavy (non-hydrogen) atoms. The van der Waals surface area contributed by atoms with Gasteiger partial charge < -0.3 is 10.2 Å². The van der Waals surface area contributed by atoms with Gasteiger partial charge in [0.05, 0.1) is 10.6 Å². The second-order valence-electron chi connectivity index (χ2n) is 11.7. The van der Waals surface area contributed by atoms with Crippen molar-refractivity contribution in [1.82, 2.24) is 10.2 Å². The molecule has 0 fully saturated rings. The molecule has 0 saturated heterocycles. The molecule has 4 rings (SSSR count). The second kappa shape index (κ2) is 15.2. The topological polar surface area (TPSA) is 86.8 Å². The lowest BCUT2D eigenvalue weighted by Crippen LogP contribution is -2.53. The van der Waals surface area contributed by atoms with Crippen molar-refractivity contribution in [2.75, 3.05) is 17.4 Å². The smallest absolute Gasteiger partial charge is 0.264 e. The minimum absolute atomic E-state index is 0.000807. The predicted molar refractivity (Wildman–Crippen MR) is 181 cm³/mol. The van der Waals surface area contributed by atoms with Crippen molar-refractivity contribution in [3.63, 3.8) is 0 Å². The number of amides is 2. The fourth-order valence-electron chi connectivity index (χ4n) is 4.84. The van der Waals surface area contributed by atoms with E-state index in [1.165, 1.54) is 29.2 Å². The molecule has 0 heterocycles. The molecule has 236 valence electrons. The molecule has 1 N–H and O–H groups in total. The molecular formula is C36H40ClN3O4S. The quantitative estimate of drug-likeness (QED) is 0.178. The first kappa shape index (κ1) is 33.7. The van der Waals surface area contributed by atoms with Gasteiger partial charge in [-0.3, -0.25) is 13.9 Å². The molecule has 7 nitrogen and oxygen atoms in total. The molecule has 4 aromatic carbocycles. The minimum atomic E-state index is -4.19. The number of hydrogen-bond acceptors (Lipinski definition) is 4. The third kappa shape index (κ3) is 9.19. The Hall–Kier alpha value is -4.14. The first-order valence-electron chi connectivity index (χ1n) is 15.0. The molecular weight excluding hydrogens is 606 g/mol. The van der Waals surface area contributed by atoms with Crippen molar-refractivity contribution < 1.29 is 18.0 Å². The molecule has 0 aliphatic carbocycles. The highest BCUT2D eigenvalue weighted by atomic mass is 35.5. The third-order valence-electron chi connectivity index (χ3n) is 7.43. The fourth-order valence-corrected chi connectivity index (χ4v) is 6.38. The largest absolute Gasteiger partial charge is 0.354 e. The molecule has 0 aliphatic heterocycles. The Bertz CT molecular complexity index is 1680. The van der Waals surface area contributed by atoms with Crippen molar-refractivity contribution in [3.05, 3.63) is 130 Å². The number of halogens is 1. The molecule has 0 aromatic heterocycles. The van der Waals surface area contributed by atoms with Crippen LogP contribution >= 0.6 is 11.6 Å². The standard InChI is InChI=1S/C36H40ClN3O4S/c1-26(2)23-38-36(42)34(22-29-8-6-5-7-9-29)39(24-30-14-10-27(3)11-15-30)35(41)25-40(32-18-12-28(4)13-19-32)45(43,44)33-20-16-31(37)17-21-33/h5-21,26,34H,22-25H2,1-4H3,(H,38,42). The summed E-state index contributed by atoms with van der Waals surface area (Å²) in [5, 5.41) is 3.40. The van der Waals surface area contributed by atoms with Crippen molar-refractivity contribution in [2.45, 2.75) is 51.6 Å². The number of benzene rings is 4. The summed E-state index contributed by atoms with van der Waals surface area (Å²) in [7, 11) is -4.19. The van der Waals surface area contributed by atoms with Gasteiger partial charge in [0.15, 0.2) is 0 Å². The number of rotatable bonds is 13. The van der Waals surface area contributed by atoms with Crippen molar-refractivity contribution in [3.8, 4) is 0 Å². The van der Waals surface area contributed by atoms with Crippen LogP contribution in [0.3, 0.4) is 0 Å². The maximum absolute atomic E-state index is 14.5. The Morgan fingerprint density at radius 2 is 1.36 bits per heavy atom. The zero-order chi connectivity index (χ0) is 32.6. The number of carbonyl (C=O) groups excluding carboxylic acids is 2. The Balaban J connectivity index is 1.79. The molecule has 9 heteroatoms. The number of nitrogens with zero attached hydrogens (tertiary/aromatic N) is 2. The van der Waals surface area contributed by atoms with E-state index in [2.05, 4.69) is 5.32 Å². The van der Waals surface area contributed by atoms with Gasteiger partial charge in [-0.25, -0.2) is 8.42 Å². The van der Waals surface area contributed by atoms with Gasteiger partial charge in [-0.15, -0.1) is 0 Å². The van der Waals surface area contributed by atoms with Crippen LogP contribution in [-0.2, 0) is 32.6 Å². The van der Waals surface area contributed by atoms with Crippen LogP contribution in [0.15, 0.2) is 108 Å². The average Bonchev–Trinajstić information content (AvgIpc) is 3.02. The first-order valence-corrected chi connectivity index (χ1v) is 16.8. The van der Waals surface area contributed by atoms with Gasteiger partial charge in [-0.1, -0.05) is 103 Å². The molecule has 0 spiro atoms. The van der Waals surface area contributed by atoms with Crippen LogP contribution in [0.2, 0.25) is 5.02 Å². The Labute approximate surface area is 271 Å². The molecule has 0 saturated carbocycles. The molecule has 0 bridgehead atoms.